The molecule has 1 aliphatic heterocycles. The zero-order valence-electron chi connectivity index (χ0n) is 13.0. The molecule has 8 heteroatoms. The van der Waals surface area contributed by atoms with Crippen LogP contribution in [0.1, 0.15) is 32.3 Å². The van der Waals surface area contributed by atoms with Crippen LogP contribution >= 0.6 is 11.6 Å². The number of nitrogens with zero attached hydrogens (tertiary/aromatic N) is 3. The zero-order valence-corrected chi connectivity index (χ0v) is 13.8. The molecule has 2 heterocycles. The summed E-state index contributed by atoms with van der Waals surface area (Å²) in [5.41, 5.74) is -0.892. The molecular weight excluding hydrogens is 331 g/mol. The van der Waals surface area contributed by atoms with Crippen molar-refractivity contribution in [1.29, 1.82) is 0 Å². The minimum absolute atomic E-state index is 0.0368. The maximum Gasteiger partial charge on any atom is 0.417 e. The molecule has 1 saturated heterocycles. The zero-order chi connectivity index (χ0) is 17.2. The molecule has 128 valence electrons. The Morgan fingerprint density at radius 3 is 2.61 bits per heavy atom. The van der Waals surface area contributed by atoms with Crippen molar-refractivity contribution in [2.45, 2.75) is 38.9 Å². The molecule has 1 atom stereocenters. The van der Waals surface area contributed by atoms with Gasteiger partial charge in [-0.1, -0.05) is 11.6 Å². The molecule has 0 radical (unpaired) electrons. The quantitative estimate of drug-likeness (QED) is 0.833. The molecule has 0 aromatic carbocycles. The van der Waals surface area contributed by atoms with E-state index in [-0.39, 0.29) is 16.7 Å². The molecule has 4 nitrogen and oxygen atoms in total. The van der Waals surface area contributed by atoms with Crippen LogP contribution in [0, 0.1) is 0 Å². The smallest absolute Gasteiger partial charge is 0.343 e. The molecule has 0 N–H and O–H groups in total. The maximum absolute atomic E-state index is 12.7. The van der Waals surface area contributed by atoms with Crippen molar-refractivity contribution in [3.05, 3.63) is 22.8 Å². The SMILES string of the molecule is CCN(CC)C(=O)C1CCCN1c1ncc(C(F)(F)F)cc1Cl. The highest BCUT2D eigenvalue weighted by atomic mass is 35.5. The normalized spacial score (nSPS) is 18.3. The van der Waals surface area contributed by atoms with Gasteiger partial charge in [-0.3, -0.25) is 4.79 Å². The van der Waals surface area contributed by atoms with Gasteiger partial charge in [0.25, 0.3) is 0 Å². The number of carbonyl (C=O) groups excluding carboxylic acids is 1. The lowest BCUT2D eigenvalue weighted by molar-refractivity contribution is -0.138. The highest BCUT2D eigenvalue weighted by molar-refractivity contribution is 6.33. The number of amides is 1. The Labute approximate surface area is 138 Å². The fraction of sp³-hybridized carbons (Fsp3) is 0.600. The Morgan fingerprint density at radius 2 is 2.09 bits per heavy atom. The van der Waals surface area contributed by atoms with Gasteiger partial charge in [-0.2, -0.15) is 13.2 Å². The number of alkyl halides is 3. The van der Waals surface area contributed by atoms with Gasteiger partial charge in [-0.25, -0.2) is 4.98 Å². The minimum Gasteiger partial charge on any atom is -0.343 e. The average molecular weight is 350 g/mol. The van der Waals surface area contributed by atoms with Crippen LogP contribution in [0.2, 0.25) is 5.02 Å². The molecule has 0 bridgehead atoms. The van der Waals surface area contributed by atoms with Crippen LogP contribution in [0.3, 0.4) is 0 Å². The van der Waals surface area contributed by atoms with E-state index in [2.05, 4.69) is 4.98 Å². The fourth-order valence-electron chi connectivity index (χ4n) is 2.82. The van der Waals surface area contributed by atoms with Crippen molar-refractivity contribution in [3.63, 3.8) is 0 Å². The van der Waals surface area contributed by atoms with E-state index < -0.39 is 17.8 Å². The second-order valence-corrected chi connectivity index (χ2v) is 5.80. The summed E-state index contributed by atoms with van der Waals surface area (Å²) in [5.74, 6) is 0.202. The second-order valence-electron chi connectivity index (χ2n) is 5.39. The fourth-order valence-corrected chi connectivity index (χ4v) is 3.09. The average Bonchev–Trinajstić information content (AvgIpc) is 2.96. The van der Waals surface area contributed by atoms with E-state index in [0.29, 0.717) is 26.1 Å². The van der Waals surface area contributed by atoms with Gasteiger partial charge in [-0.15, -0.1) is 0 Å². The van der Waals surface area contributed by atoms with Crippen LogP contribution in [-0.2, 0) is 11.0 Å². The van der Waals surface area contributed by atoms with Gasteiger partial charge in [0.2, 0.25) is 5.91 Å². The molecule has 0 aliphatic carbocycles. The van der Waals surface area contributed by atoms with E-state index in [1.54, 1.807) is 9.80 Å². The molecule has 1 aromatic heterocycles. The Balaban J connectivity index is 2.28. The summed E-state index contributed by atoms with van der Waals surface area (Å²) >= 11 is 6.00. The van der Waals surface area contributed by atoms with Gasteiger partial charge in [0, 0.05) is 25.8 Å². The number of likely N-dealkylation sites (N-methyl/N-ethyl adjacent to an activating group) is 1. The number of anilines is 1. The topological polar surface area (TPSA) is 36.4 Å². The third-order valence-electron chi connectivity index (χ3n) is 4.03. The first kappa shape index (κ1) is 17.8. The van der Waals surface area contributed by atoms with Crippen LogP contribution < -0.4 is 4.90 Å². The second kappa shape index (κ2) is 6.95. The number of pyridine rings is 1. The molecule has 1 fully saturated rings. The molecule has 0 spiro atoms. The van der Waals surface area contributed by atoms with Crippen LogP contribution in [0.15, 0.2) is 12.3 Å². The van der Waals surface area contributed by atoms with E-state index in [1.807, 2.05) is 13.8 Å². The third-order valence-corrected chi connectivity index (χ3v) is 4.31. The van der Waals surface area contributed by atoms with Crippen molar-refractivity contribution < 1.29 is 18.0 Å². The number of aromatic nitrogens is 1. The van der Waals surface area contributed by atoms with Crippen molar-refractivity contribution in [3.8, 4) is 0 Å². The summed E-state index contributed by atoms with van der Waals surface area (Å²) < 4.78 is 38.1. The Hall–Kier alpha value is -1.50. The predicted molar refractivity (Wildman–Crippen MR) is 82.5 cm³/mol. The largest absolute Gasteiger partial charge is 0.417 e. The van der Waals surface area contributed by atoms with E-state index in [1.165, 1.54) is 0 Å². The predicted octanol–water partition coefficient (Wildman–Crippen LogP) is 3.59. The Kier molecular flexibility index (Phi) is 5.39. The lowest BCUT2D eigenvalue weighted by Crippen LogP contribution is -2.46. The van der Waals surface area contributed by atoms with E-state index in [4.69, 9.17) is 11.6 Å². The molecule has 2 rings (SSSR count). The number of hydrogen-bond acceptors (Lipinski definition) is 3. The summed E-state index contributed by atoms with van der Waals surface area (Å²) in [6, 6.07) is 0.442. The summed E-state index contributed by atoms with van der Waals surface area (Å²) in [5, 5.41) is -0.0842. The lowest BCUT2D eigenvalue weighted by atomic mass is 10.2. The van der Waals surface area contributed by atoms with Crippen LogP contribution in [0.5, 0.6) is 0 Å². The first-order valence-corrected chi connectivity index (χ1v) is 7.95. The Bertz CT molecular complexity index is 576. The van der Waals surface area contributed by atoms with Crippen LogP contribution in [0.25, 0.3) is 0 Å². The van der Waals surface area contributed by atoms with Crippen molar-refractivity contribution in [2.75, 3.05) is 24.5 Å². The number of carbonyl (C=O) groups is 1. The van der Waals surface area contributed by atoms with Gasteiger partial charge in [0.1, 0.15) is 11.9 Å². The molecule has 1 amide bonds. The summed E-state index contributed by atoms with van der Waals surface area (Å²) in [6.45, 7) is 5.52. The van der Waals surface area contributed by atoms with E-state index in [9.17, 15) is 18.0 Å². The standard InChI is InChI=1S/C15H19ClF3N3O/c1-3-21(4-2)14(23)12-6-5-7-22(12)13-11(16)8-10(9-20-13)15(17,18)19/h8-9,12H,3-7H2,1-2H3. The molecule has 23 heavy (non-hydrogen) atoms. The first-order chi connectivity index (χ1) is 10.8. The van der Waals surface area contributed by atoms with Gasteiger partial charge < -0.3 is 9.80 Å². The van der Waals surface area contributed by atoms with Crippen molar-refractivity contribution >= 4 is 23.3 Å². The molecular formula is C15H19ClF3N3O. The minimum atomic E-state index is -4.49. The van der Waals surface area contributed by atoms with Crippen LogP contribution in [0.4, 0.5) is 19.0 Å². The molecule has 1 aromatic rings. The highest BCUT2D eigenvalue weighted by Crippen LogP contribution is 2.35. The monoisotopic (exact) mass is 349 g/mol. The molecule has 1 aliphatic rings. The van der Waals surface area contributed by atoms with Gasteiger partial charge in [0.05, 0.1) is 10.6 Å². The number of hydrogen-bond donors (Lipinski definition) is 0. The van der Waals surface area contributed by atoms with Crippen molar-refractivity contribution in [2.24, 2.45) is 0 Å². The Morgan fingerprint density at radius 1 is 1.43 bits per heavy atom. The maximum atomic E-state index is 12.7. The van der Waals surface area contributed by atoms with Gasteiger partial charge >= 0.3 is 6.18 Å². The summed E-state index contributed by atoms with van der Waals surface area (Å²) in [6.07, 6.45) is -2.31. The summed E-state index contributed by atoms with van der Waals surface area (Å²) in [7, 11) is 0. The third kappa shape index (κ3) is 3.71. The molecule has 1 unspecified atom stereocenters. The van der Waals surface area contributed by atoms with E-state index in [0.717, 1.165) is 18.7 Å². The number of rotatable bonds is 4. The van der Waals surface area contributed by atoms with Gasteiger partial charge in [0.15, 0.2) is 0 Å². The summed E-state index contributed by atoms with van der Waals surface area (Å²) in [4.78, 5) is 19.9. The van der Waals surface area contributed by atoms with E-state index >= 15 is 0 Å². The van der Waals surface area contributed by atoms with Gasteiger partial charge in [-0.05, 0) is 32.8 Å². The number of halogens is 4. The highest BCUT2D eigenvalue weighted by Gasteiger charge is 2.36. The van der Waals surface area contributed by atoms with Crippen molar-refractivity contribution in [1.82, 2.24) is 9.88 Å². The first-order valence-electron chi connectivity index (χ1n) is 7.57. The van der Waals surface area contributed by atoms with Crippen LogP contribution in [-0.4, -0.2) is 41.5 Å². The molecule has 0 saturated carbocycles. The lowest BCUT2D eigenvalue weighted by Gasteiger charge is -2.30.